The van der Waals surface area contributed by atoms with E-state index in [1.807, 2.05) is 6.07 Å². The Morgan fingerprint density at radius 1 is 1.39 bits per heavy atom. The maximum atomic E-state index is 10.9. The molecule has 0 saturated heterocycles. The first-order valence-corrected chi connectivity index (χ1v) is 6.00. The van der Waals surface area contributed by atoms with Crippen LogP contribution in [-0.4, -0.2) is 20.6 Å². The van der Waals surface area contributed by atoms with E-state index in [1.165, 1.54) is 0 Å². The second-order valence-corrected chi connectivity index (χ2v) is 5.70. The molecule has 0 saturated carbocycles. The molecule has 18 heavy (non-hydrogen) atoms. The summed E-state index contributed by atoms with van der Waals surface area (Å²) in [6, 6.07) is 5.36. The second kappa shape index (κ2) is 4.12. The van der Waals surface area contributed by atoms with Gasteiger partial charge in [0, 0.05) is 6.04 Å². The molecule has 1 aromatic carbocycles. The molecule has 96 valence electrons. The minimum atomic E-state index is -0.921. The molecule has 0 aliphatic carbocycles. The van der Waals surface area contributed by atoms with Crippen molar-refractivity contribution < 1.29 is 9.90 Å². The lowest BCUT2D eigenvalue weighted by molar-refractivity contribution is 0.0697. The quantitative estimate of drug-likeness (QED) is 0.884. The predicted molar refractivity (Wildman–Crippen MR) is 70.9 cm³/mol. The van der Waals surface area contributed by atoms with Crippen molar-refractivity contribution in [2.45, 2.75) is 33.7 Å². The summed E-state index contributed by atoms with van der Waals surface area (Å²) in [5, 5.41) is 8.95. The lowest BCUT2D eigenvalue weighted by Crippen LogP contribution is -2.20. The van der Waals surface area contributed by atoms with Crippen molar-refractivity contribution in [1.29, 1.82) is 0 Å². The van der Waals surface area contributed by atoms with Crippen LogP contribution in [0.2, 0.25) is 0 Å². The molecule has 0 spiro atoms. The minimum Gasteiger partial charge on any atom is -0.478 e. The van der Waals surface area contributed by atoms with Gasteiger partial charge in [-0.2, -0.15) is 0 Å². The van der Waals surface area contributed by atoms with Crippen LogP contribution < -0.4 is 0 Å². The summed E-state index contributed by atoms with van der Waals surface area (Å²) in [4.78, 5) is 15.2. The highest BCUT2D eigenvalue weighted by atomic mass is 16.4. The number of carboxylic acid groups (broad SMARTS) is 1. The first-order chi connectivity index (χ1) is 8.30. The van der Waals surface area contributed by atoms with Gasteiger partial charge in [-0.15, -0.1) is 0 Å². The smallest absolute Gasteiger partial charge is 0.335 e. The van der Waals surface area contributed by atoms with Crippen molar-refractivity contribution >= 4 is 17.0 Å². The van der Waals surface area contributed by atoms with E-state index in [9.17, 15) is 4.79 Å². The standard InChI is InChI=1S/C14H18N2O2/c1-9(14(2,3)4)16-8-15-11-7-10(13(17)18)5-6-12(11)16/h5-9H,1-4H3,(H,17,18). The van der Waals surface area contributed by atoms with Crippen LogP contribution in [-0.2, 0) is 0 Å². The Labute approximate surface area is 106 Å². The van der Waals surface area contributed by atoms with Crippen LogP contribution in [0.5, 0.6) is 0 Å². The highest BCUT2D eigenvalue weighted by molar-refractivity contribution is 5.92. The van der Waals surface area contributed by atoms with Crippen molar-refractivity contribution in [3.8, 4) is 0 Å². The van der Waals surface area contributed by atoms with Crippen LogP contribution >= 0.6 is 0 Å². The van der Waals surface area contributed by atoms with Gasteiger partial charge in [-0.1, -0.05) is 20.8 Å². The average molecular weight is 246 g/mol. The molecule has 1 heterocycles. The number of aromatic nitrogens is 2. The van der Waals surface area contributed by atoms with E-state index >= 15 is 0 Å². The zero-order chi connectivity index (χ0) is 13.5. The average Bonchev–Trinajstić information content (AvgIpc) is 2.68. The summed E-state index contributed by atoms with van der Waals surface area (Å²) in [6.45, 7) is 8.67. The molecule has 1 aromatic heterocycles. The number of carbonyl (C=O) groups is 1. The number of imidazole rings is 1. The molecule has 2 aromatic rings. The summed E-state index contributed by atoms with van der Waals surface area (Å²) in [5.74, 6) is -0.921. The molecule has 1 N–H and O–H groups in total. The van der Waals surface area contributed by atoms with E-state index < -0.39 is 5.97 Å². The predicted octanol–water partition coefficient (Wildman–Crippen LogP) is 3.34. The number of aromatic carboxylic acids is 1. The van der Waals surface area contributed by atoms with Crippen molar-refractivity contribution in [3.05, 3.63) is 30.1 Å². The van der Waals surface area contributed by atoms with E-state index in [1.54, 1.807) is 18.5 Å². The Hall–Kier alpha value is -1.84. The molecule has 0 radical (unpaired) electrons. The molecule has 0 aliphatic heterocycles. The van der Waals surface area contributed by atoms with E-state index in [0.29, 0.717) is 0 Å². The fraction of sp³-hybridized carbons (Fsp3) is 0.429. The van der Waals surface area contributed by atoms with Gasteiger partial charge in [0.25, 0.3) is 0 Å². The number of carboxylic acids is 1. The molecule has 1 unspecified atom stereocenters. The molecule has 0 bridgehead atoms. The third-order valence-corrected chi connectivity index (χ3v) is 3.49. The Bertz CT molecular complexity index is 593. The van der Waals surface area contributed by atoms with Crippen LogP contribution in [0, 0.1) is 5.41 Å². The SMILES string of the molecule is CC(n1cnc2cc(C(=O)O)ccc21)C(C)(C)C. The third-order valence-electron chi connectivity index (χ3n) is 3.49. The van der Waals surface area contributed by atoms with E-state index in [4.69, 9.17) is 5.11 Å². The summed E-state index contributed by atoms with van der Waals surface area (Å²) < 4.78 is 2.10. The van der Waals surface area contributed by atoms with Crippen LogP contribution in [0.1, 0.15) is 44.1 Å². The zero-order valence-corrected chi connectivity index (χ0v) is 11.1. The Morgan fingerprint density at radius 2 is 2.06 bits per heavy atom. The number of nitrogens with zero attached hydrogens (tertiary/aromatic N) is 2. The fourth-order valence-electron chi connectivity index (χ4n) is 1.89. The minimum absolute atomic E-state index is 0.124. The number of hydrogen-bond donors (Lipinski definition) is 1. The molecular weight excluding hydrogens is 228 g/mol. The molecule has 0 fully saturated rings. The highest BCUT2D eigenvalue weighted by Crippen LogP contribution is 2.32. The number of rotatable bonds is 2. The first-order valence-electron chi connectivity index (χ1n) is 6.00. The Kier molecular flexibility index (Phi) is 2.89. The molecule has 4 nitrogen and oxygen atoms in total. The van der Waals surface area contributed by atoms with Gasteiger partial charge in [-0.05, 0) is 30.5 Å². The van der Waals surface area contributed by atoms with Crippen molar-refractivity contribution in [3.63, 3.8) is 0 Å². The van der Waals surface area contributed by atoms with E-state index in [0.717, 1.165) is 11.0 Å². The molecule has 1 atom stereocenters. The van der Waals surface area contributed by atoms with Crippen LogP contribution in [0.3, 0.4) is 0 Å². The van der Waals surface area contributed by atoms with E-state index in [2.05, 4.69) is 37.2 Å². The summed E-state index contributed by atoms with van der Waals surface area (Å²) in [6.07, 6.45) is 1.78. The Balaban J connectivity index is 2.53. The van der Waals surface area contributed by atoms with Gasteiger partial charge in [-0.25, -0.2) is 9.78 Å². The molecule has 0 amide bonds. The number of fused-ring (bicyclic) bond motifs is 1. The fourth-order valence-corrected chi connectivity index (χ4v) is 1.89. The van der Waals surface area contributed by atoms with Crippen LogP contribution in [0.25, 0.3) is 11.0 Å². The van der Waals surface area contributed by atoms with Gasteiger partial charge in [0.1, 0.15) is 0 Å². The summed E-state index contributed by atoms with van der Waals surface area (Å²) in [7, 11) is 0. The molecular formula is C14H18N2O2. The van der Waals surface area contributed by atoms with Gasteiger partial charge in [0.05, 0.1) is 22.9 Å². The van der Waals surface area contributed by atoms with Crippen molar-refractivity contribution in [1.82, 2.24) is 9.55 Å². The van der Waals surface area contributed by atoms with Gasteiger partial charge in [0.2, 0.25) is 0 Å². The normalized spacial score (nSPS) is 13.8. The van der Waals surface area contributed by atoms with Crippen LogP contribution in [0.15, 0.2) is 24.5 Å². The van der Waals surface area contributed by atoms with Crippen molar-refractivity contribution in [2.24, 2.45) is 5.41 Å². The van der Waals surface area contributed by atoms with Gasteiger partial charge < -0.3 is 9.67 Å². The number of benzene rings is 1. The highest BCUT2D eigenvalue weighted by Gasteiger charge is 2.23. The van der Waals surface area contributed by atoms with Gasteiger partial charge in [0.15, 0.2) is 0 Å². The molecule has 4 heteroatoms. The second-order valence-electron chi connectivity index (χ2n) is 5.70. The molecule has 2 rings (SSSR count). The lowest BCUT2D eigenvalue weighted by Gasteiger charge is -2.28. The monoisotopic (exact) mass is 246 g/mol. The first kappa shape index (κ1) is 12.6. The third kappa shape index (κ3) is 2.10. The van der Waals surface area contributed by atoms with Crippen molar-refractivity contribution in [2.75, 3.05) is 0 Å². The maximum absolute atomic E-state index is 10.9. The van der Waals surface area contributed by atoms with Crippen LogP contribution in [0.4, 0.5) is 0 Å². The van der Waals surface area contributed by atoms with Gasteiger partial charge in [-0.3, -0.25) is 0 Å². The maximum Gasteiger partial charge on any atom is 0.335 e. The summed E-state index contributed by atoms with van der Waals surface area (Å²) in [5.41, 5.74) is 2.10. The number of hydrogen-bond acceptors (Lipinski definition) is 2. The van der Waals surface area contributed by atoms with Gasteiger partial charge >= 0.3 is 5.97 Å². The molecule has 0 aliphatic rings. The topological polar surface area (TPSA) is 55.1 Å². The Morgan fingerprint density at radius 3 is 2.61 bits per heavy atom. The lowest BCUT2D eigenvalue weighted by atomic mass is 9.88. The van der Waals surface area contributed by atoms with E-state index in [-0.39, 0.29) is 17.0 Å². The zero-order valence-electron chi connectivity index (χ0n) is 11.1. The summed E-state index contributed by atoms with van der Waals surface area (Å²) >= 11 is 0. The largest absolute Gasteiger partial charge is 0.478 e.